The quantitative estimate of drug-likeness (QED) is 0.143. The number of rotatable bonds is 10. The number of non-ortho nitro benzene ring substituents is 1. The van der Waals surface area contributed by atoms with Gasteiger partial charge in [0.2, 0.25) is 0 Å². The Morgan fingerprint density at radius 3 is 2.38 bits per heavy atom. The van der Waals surface area contributed by atoms with Crippen LogP contribution in [0.25, 0.3) is 5.76 Å². The van der Waals surface area contributed by atoms with Crippen LogP contribution >= 0.6 is 0 Å². The first-order valence-electron chi connectivity index (χ1n) is 10.8. The van der Waals surface area contributed by atoms with Crippen molar-refractivity contribution < 1.29 is 24.4 Å². The fourth-order valence-electron chi connectivity index (χ4n) is 3.81. The second-order valence-corrected chi connectivity index (χ2v) is 8.12. The Morgan fingerprint density at radius 2 is 1.82 bits per heavy atom. The largest absolute Gasteiger partial charge is 0.507 e. The van der Waals surface area contributed by atoms with Crippen molar-refractivity contribution in [1.82, 2.24) is 9.80 Å². The number of carbonyl (C=O) groups is 2. The van der Waals surface area contributed by atoms with Gasteiger partial charge < -0.3 is 19.6 Å². The molecule has 0 spiro atoms. The van der Waals surface area contributed by atoms with Gasteiger partial charge in [-0.2, -0.15) is 0 Å². The van der Waals surface area contributed by atoms with E-state index in [1.165, 1.54) is 29.2 Å². The number of carbonyl (C=O) groups excluding carboxylic acids is 2. The minimum Gasteiger partial charge on any atom is -0.507 e. The van der Waals surface area contributed by atoms with Crippen molar-refractivity contribution in [2.75, 3.05) is 33.8 Å². The van der Waals surface area contributed by atoms with Gasteiger partial charge in [-0.15, -0.1) is 0 Å². The normalized spacial score (nSPS) is 17.3. The number of Topliss-reactive ketones (excluding diaryl/α,β-unsaturated/α-hetero) is 1. The Bertz CT molecular complexity index is 1110. The summed E-state index contributed by atoms with van der Waals surface area (Å²) in [5, 5.41) is 22.2. The molecule has 1 heterocycles. The Balaban J connectivity index is 2.04. The SMILES string of the molecule is C=CCOc1ccc(C(O)=C2C(=O)C(=O)N(CCCN(C)C)[C@H]2c2ccc([N+](=O)[O-])cc2)cc1. The maximum absolute atomic E-state index is 13.0. The topological polar surface area (TPSA) is 113 Å². The summed E-state index contributed by atoms with van der Waals surface area (Å²) in [5.74, 6) is -1.26. The van der Waals surface area contributed by atoms with Crippen molar-refractivity contribution in [3.8, 4) is 5.75 Å². The van der Waals surface area contributed by atoms with Gasteiger partial charge in [-0.1, -0.05) is 12.7 Å². The summed E-state index contributed by atoms with van der Waals surface area (Å²) in [6.45, 7) is 4.90. The first-order chi connectivity index (χ1) is 16.2. The standard InChI is InChI=1S/C25H27N3O6/c1-4-16-34-20-12-8-18(9-13-20)23(29)21-22(17-6-10-19(11-7-17)28(32)33)27(25(31)24(21)30)15-5-14-26(2)3/h4,6-13,22,29H,1,5,14-16H2,2-3H3/t22-/m0/s1. The maximum atomic E-state index is 13.0. The fraction of sp³-hybridized carbons (Fsp3) is 0.280. The third kappa shape index (κ3) is 5.32. The van der Waals surface area contributed by atoms with Gasteiger partial charge in [-0.05, 0) is 69.0 Å². The summed E-state index contributed by atoms with van der Waals surface area (Å²) in [6, 6.07) is 11.3. The zero-order valence-corrected chi connectivity index (χ0v) is 19.1. The van der Waals surface area contributed by atoms with Crippen molar-refractivity contribution in [1.29, 1.82) is 0 Å². The Kier molecular flexibility index (Phi) is 7.80. The Hall–Kier alpha value is -3.98. The minimum absolute atomic E-state index is 0.0523. The molecule has 2 aromatic carbocycles. The predicted octanol–water partition coefficient (Wildman–Crippen LogP) is 3.53. The number of amides is 1. The van der Waals surface area contributed by atoms with E-state index < -0.39 is 22.7 Å². The molecule has 0 aromatic heterocycles. The molecule has 34 heavy (non-hydrogen) atoms. The van der Waals surface area contributed by atoms with E-state index in [1.807, 2.05) is 19.0 Å². The molecule has 1 aliphatic heterocycles. The lowest BCUT2D eigenvalue weighted by atomic mass is 9.95. The zero-order valence-electron chi connectivity index (χ0n) is 19.1. The highest BCUT2D eigenvalue weighted by Gasteiger charge is 2.45. The summed E-state index contributed by atoms with van der Waals surface area (Å²) in [5.41, 5.74) is 0.693. The van der Waals surface area contributed by atoms with Crippen LogP contribution in [0.1, 0.15) is 23.6 Å². The molecule has 9 nitrogen and oxygen atoms in total. The molecular formula is C25H27N3O6. The average molecular weight is 466 g/mol. The Morgan fingerprint density at radius 1 is 1.18 bits per heavy atom. The maximum Gasteiger partial charge on any atom is 0.295 e. The molecule has 0 aliphatic carbocycles. The molecule has 1 N–H and O–H groups in total. The van der Waals surface area contributed by atoms with Crippen LogP contribution in [0.15, 0.2) is 66.8 Å². The highest BCUT2D eigenvalue weighted by atomic mass is 16.6. The highest BCUT2D eigenvalue weighted by Crippen LogP contribution is 2.40. The molecule has 0 radical (unpaired) electrons. The van der Waals surface area contributed by atoms with Crippen LogP contribution in [0.4, 0.5) is 5.69 Å². The first-order valence-corrected chi connectivity index (χ1v) is 10.8. The monoisotopic (exact) mass is 465 g/mol. The van der Waals surface area contributed by atoms with Crippen molar-refractivity contribution in [3.63, 3.8) is 0 Å². The van der Waals surface area contributed by atoms with E-state index in [9.17, 15) is 24.8 Å². The van der Waals surface area contributed by atoms with Crippen molar-refractivity contribution in [2.24, 2.45) is 0 Å². The van der Waals surface area contributed by atoms with Crippen LogP contribution < -0.4 is 4.74 Å². The summed E-state index contributed by atoms with van der Waals surface area (Å²) < 4.78 is 5.45. The van der Waals surface area contributed by atoms with Crippen LogP contribution in [-0.4, -0.2) is 65.3 Å². The van der Waals surface area contributed by atoms with Crippen molar-refractivity contribution >= 4 is 23.1 Å². The van der Waals surface area contributed by atoms with Gasteiger partial charge in [-0.25, -0.2) is 0 Å². The van der Waals surface area contributed by atoms with E-state index in [1.54, 1.807) is 30.3 Å². The molecule has 1 aliphatic rings. The van der Waals surface area contributed by atoms with Crippen LogP contribution in [0, 0.1) is 10.1 Å². The zero-order chi connectivity index (χ0) is 24.8. The number of nitrogens with zero attached hydrogens (tertiary/aromatic N) is 3. The fourth-order valence-corrected chi connectivity index (χ4v) is 3.81. The lowest BCUT2D eigenvalue weighted by molar-refractivity contribution is -0.384. The molecule has 0 unspecified atom stereocenters. The van der Waals surface area contributed by atoms with E-state index in [0.717, 1.165) is 0 Å². The van der Waals surface area contributed by atoms with E-state index in [-0.39, 0.29) is 23.6 Å². The number of benzene rings is 2. The second-order valence-electron chi connectivity index (χ2n) is 8.12. The summed E-state index contributed by atoms with van der Waals surface area (Å²) in [4.78, 5) is 39.9. The van der Waals surface area contributed by atoms with E-state index in [4.69, 9.17) is 4.74 Å². The average Bonchev–Trinajstić information content (AvgIpc) is 3.07. The van der Waals surface area contributed by atoms with E-state index in [2.05, 4.69) is 6.58 Å². The number of ether oxygens (including phenoxy) is 1. The number of nitro benzene ring substituents is 1. The van der Waals surface area contributed by atoms with Gasteiger partial charge in [-0.3, -0.25) is 19.7 Å². The number of hydrogen-bond acceptors (Lipinski definition) is 7. The van der Waals surface area contributed by atoms with E-state index in [0.29, 0.717) is 36.4 Å². The summed E-state index contributed by atoms with van der Waals surface area (Å²) in [6.07, 6.45) is 2.22. The smallest absolute Gasteiger partial charge is 0.295 e. The molecule has 3 rings (SSSR count). The number of nitro groups is 1. The summed E-state index contributed by atoms with van der Waals surface area (Å²) >= 11 is 0. The molecule has 9 heteroatoms. The van der Waals surface area contributed by atoms with Crippen molar-refractivity contribution in [3.05, 3.63) is 88.0 Å². The lowest BCUT2D eigenvalue weighted by Crippen LogP contribution is -2.32. The van der Waals surface area contributed by atoms with Gasteiger partial charge in [0.25, 0.3) is 17.4 Å². The number of hydrogen-bond donors (Lipinski definition) is 1. The Labute approximate surface area is 197 Å². The molecule has 1 fully saturated rings. The van der Waals surface area contributed by atoms with E-state index >= 15 is 0 Å². The van der Waals surface area contributed by atoms with Crippen LogP contribution in [-0.2, 0) is 9.59 Å². The molecule has 2 aromatic rings. The van der Waals surface area contributed by atoms with Crippen molar-refractivity contribution in [2.45, 2.75) is 12.5 Å². The third-order valence-electron chi connectivity index (χ3n) is 5.46. The number of aliphatic hydroxyl groups excluding tert-OH is 1. The molecule has 0 saturated carbocycles. The van der Waals surface area contributed by atoms with Crippen LogP contribution in [0.3, 0.4) is 0 Å². The van der Waals surface area contributed by atoms with Crippen LogP contribution in [0.5, 0.6) is 5.75 Å². The number of ketones is 1. The van der Waals surface area contributed by atoms with Gasteiger partial charge in [0.15, 0.2) is 0 Å². The second kappa shape index (κ2) is 10.8. The summed E-state index contributed by atoms with van der Waals surface area (Å²) in [7, 11) is 3.81. The molecule has 0 bridgehead atoms. The molecule has 178 valence electrons. The molecule has 1 atom stereocenters. The first kappa shape index (κ1) is 24.7. The number of aliphatic hydroxyl groups is 1. The van der Waals surface area contributed by atoms with Gasteiger partial charge in [0.05, 0.1) is 16.5 Å². The van der Waals surface area contributed by atoms with Gasteiger partial charge in [0.1, 0.15) is 18.1 Å². The number of likely N-dealkylation sites (tertiary alicyclic amines) is 1. The van der Waals surface area contributed by atoms with Gasteiger partial charge >= 0.3 is 0 Å². The molecule has 1 amide bonds. The minimum atomic E-state index is -0.861. The highest BCUT2D eigenvalue weighted by molar-refractivity contribution is 6.46. The molecular weight excluding hydrogens is 438 g/mol. The molecule has 1 saturated heterocycles. The predicted molar refractivity (Wildman–Crippen MR) is 127 cm³/mol. The lowest BCUT2D eigenvalue weighted by Gasteiger charge is -2.26. The van der Waals surface area contributed by atoms with Gasteiger partial charge in [0, 0.05) is 24.2 Å². The third-order valence-corrected chi connectivity index (χ3v) is 5.46. The van der Waals surface area contributed by atoms with Crippen LogP contribution in [0.2, 0.25) is 0 Å².